The molecule has 0 spiro atoms. The summed E-state index contributed by atoms with van der Waals surface area (Å²) in [5.74, 6) is -7.38. The van der Waals surface area contributed by atoms with Gasteiger partial charge in [-0.15, -0.1) is 0 Å². The number of aliphatic carboxylic acids is 2. The Kier molecular flexibility index (Phi) is 17.7. The summed E-state index contributed by atoms with van der Waals surface area (Å²) in [5, 5.41) is 29.6. The largest absolute Gasteiger partial charge is 0.481 e. The van der Waals surface area contributed by atoms with Gasteiger partial charge in [0.15, 0.2) is 0 Å². The molecule has 0 aliphatic heterocycles. The minimum Gasteiger partial charge on any atom is -0.481 e. The van der Waals surface area contributed by atoms with Gasteiger partial charge >= 0.3 is 11.9 Å². The Morgan fingerprint density at radius 3 is 1.87 bits per heavy atom. The molecule has 0 saturated heterocycles. The second-order valence-electron chi connectivity index (χ2n) is 13.9. The second kappa shape index (κ2) is 21.4. The van der Waals surface area contributed by atoms with Gasteiger partial charge in [0.25, 0.3) is 0 Å². The van der Waals surface area contributed by atoms with Crippen LogP contribution < -0.4 is 27.0 Å². The van der Waals surface area contributed by atoms with Crippen molar-refractivity contribution in [3.8, 4) is 0 Å². The molecule has 1 fully saturated rings. The number of likely N-dealkylation sites (N-methyl/N-ethyl adjacent to an activating group) is 1. The maximum absolute atomic E-state index is 13.8. The number of benzene rings is 1. The topological polar surface area (TPSA) is 254 Å². The van der Waals surface area contributed by atoms with Gasteiger partial charge in [0.05, 0.1) is 6.42 Å². The van der Waals surface area contributed by atoms with Crippen molar-refractivity contribution in [1.29, 1.82) is 0 Å². The van der Waals surface area contributed by atoms with E-state index in [2.05, 4.69) is 21.3 Å². The summed E-state index contributed by atoms with van der Waals surface area (Å²) < 4.78 is 0. The van der Waals surface area contributed by atoms with E-state index in [-0.39, 0.29) is 43.9 Å². The van der Waals surface area contributed by atoms with Gasteiger partial charge in [-0.1, -0.05) is 76.3 Å². The van der Waals surface area contributed by atoms with E-state index in [0.29, 0.717) is 5.56 Å². The molecule has 1 aliphatic rings. The summed E-state index contributed by atoms with van der Waals surface area (Å²) in [5.41, 5.74) is 5.94. The number of primary amides is 1. The Balaban J connectivity index is 2.32. The average molecular weight is 731 g/mol. The molecule has 1 saturated carbocycles. The van der Waals surface area contributed by atoms with Crippen molar-refractivity contribution in [2.75, 3.05) is 7.05 Å². The smallest absolute Gasteiger partial charge is 0.326 e. The molecule has 8 N–H and O–H groups in total. The summed E-state index contributed by atoms with van der Waals surface area (Å²) in [6.45, 7) is 4.80. The van der Waals surface area contributed by atoms with Crippen molar-refractivity contribution in [2.45, 2.75) is 122 Å². The van der Waals surface area contributed by atoms with Crippen molar-refractivity contribution in [3.63, 3.8) is 0 Å². The molecule has 0 unspecified atom stereocenters. The molecule has 16 heteroatoms. The summed E-state index contributed by atoms with van der Waals surface area (Å²) in [7, 11) is 1.38. The number of hydrogen-bond donors (Lipinski definition) is 7. The monoisotopic (exact) mass is 730 g/mol. The van der Waals surface area contributed by atoms with Crippen molar-refractivity contribution < 1.29 is 48.6 Å². The fourth-order valence-corrected chi connectivity index (χ4v) is 6.21. The summed E-state index contributed by atoms with van der Waals surface area (Å²) in [4.78, 5) is 103. The van der Waals surface area contributed by atoms with E-state index in [9.17, 15) is 48.6 Å². The lowest BCUT2D eigenvalue weighted by Crippen LogP contribution is -2.59. The van der Waals surface area contributed by atoms with Gasteiger partial charge < -0.3 is 42.1 Å². The number of carbonyl (C=O) groups is 8. The Hall–Kier alpha value is -5.02. The zero-order valence-corrected chi connectivity index (χ0v) is 30.4. The van der Waals surface area contributed by atoms with Crippen LogP contribution in [0.3, 0.4) is 0 Å². The average Bonchev–Trinajstić information content (AvgIpc) is 3.07. The van der Waals surface area contributed by atoms with E-state index < -0.39 is 84.0 Å². The van der Waals surface area contributed by atoms with Crippen LogP contribution in [-0.2, 0) is 44.8 Å². The third-order valence-corrected chi connectivity index (χ3v) is 9.11. The van der Waals surface area contributed by atoms with Gasteiger partial charge in [-0.25, -0.2) is 4.79 Å². The molecule has 52 heavy (non-hydrogen) atoms. The molecular weight excluding hydrogens is 676 g/mol. The van der Waals surface area contributed by atoms with E-state index in [4.69, 9.17) is 5.73 Å². The fourth-order valence-electron chi connectivity index (χ4n) is 6.21. The molecule has 0 aromatic heterocycles. The zero-order chi connectivity index (χ0) is 39.0. The molecular formula is C36H54N6O10. The minimum absolute atomic E-state index is 0.0261. The number of amides is 6. The molecule has 6 amide bonds. The molecule has 0 bridgehead atoms. The van der Waals surface area contributed by atoms with E-state index in [1.54, 1.807) is 44.2 Å². The quantitative estimate of drug-likeness (QED) is 0.0939. The summed E-state index contributed by atoms with van der Waals surface area (Å²) in [6.07, 6.45) is 3.45. The van der Waals surface area contributed by atoms with Crippen molar-refractivity contribution in [1.82, 2.24) is 26.2 Å². The molecule has 0 heterocycles. The highest BCUT2D eigenvalue weighted by Crippen LogP contribution is 2.27. The first-order valence-electron chi connectivity index (χ1n) is 17.7. The second-order valence-corrected chi connectivity index (χ2v) is 13.9. The molecule has 2 rings (SSSR count). The van der Waals surface area contributed by atoms with Gasteiger partial charge in [0.2, 0.25) is 35.4 Å². The molecule has 288 valence electrons. The number of hydrogen-bond acceptors (Lipinski definition) is 8. The predicted octanol–water partition coefficient (Wildman–Crippen LogP) is 0.857. The van der Waals surface area contributed by atoms with Gasteiger partial charge in [0, 0.05) is 26.8 Å². The zero-order valence-electron chi connectivity index (χ0n) is 30.4. The highest BCUT2D eigenvalue weighted by atomic mass is 16.4. The molecule has 16 nitrogen and oxygen atoms in total. The predicted molar refractivity (Wildman–Crippen MR) is 189 cm³/mol. The first-order chi connectivity index (χ1) is 24.5. The van der Waals surface area contributed by atoms with E-state index in [1.165, 1.54) is 14.0 Å². The Bertz CT molecular complexity index is 1420. The van der Waals surface area contributed by atoms with Crippen LogP contribution in [0.5, 0.6) is 0 Å². The van der Waals surface area contributed by atoms with Crippen LogP contribution in [0.4, 0.5) is 0 Å². The van der Waals surface area contributed by atoms with Gasteiger partial charge in [-0.05, 0) is 36.7 Å². The van der Waals surface area contributed by atoms with Crippen molar-refractivity contribution >= 4 is 47.4 Å². The van der Waals surface area contributed by atoms with Gasteiger partial charge in [-0.2, -0.15) is 0 Å². The number of nitrogens with two attached hydrogens (primary N) is 1. The van der Waals surface area contributed by atoms with Crippen LogP contribution in [-0.4, -0.2) is 99.8 Å². The van der Waals surface area contributed by atoms with Crippen molar-refractivity contribution in [3.05, 3.63) is 35.9 Å². The summed E-state index contributed by atoms with van der Waals surface area (Å²) >= 11 is 0. The maximum Gasteiger partial charge on any atom is 0.326 e. The van der Waals surface area contributed by atoms with Crippen molar-refractivity contribution in [2.24, 2.45) is 17.6 Å². The lowest BCUT2D eigenvalue weighted by Gasteiger charge is -2.31. The number of nitrogens with one attached hydrogen (secondary N) is 4. The summed E-state index contributed by atoms with van der Waals surface area (Å²) in [6, 6.07) is 1.99. The molecule has 5 atom stereocenters. The molecule has 0 radical (unpaired) electrons. The lowest BCUT2D eigenvalue weighted by molar-refractivity contribution is -0.143. The molecule has 1 aromatic carbocycles. The van der Waals surface area contributed by atoms with E-state index in [1.807, 2.05) is 0 Å². The number of rotatable bonds is 21. The van der Waals surface area contributed by atoms with Crippen LogP contribution in [0.25, 0.3) is 0 Å². The first kappa shape index (κ1) is 43.1. The van der Waals surface area contributed by atoms with E-state index >= 15 is 0 Å². The highest BCUT2D eigenvalue weighted by Gasteiger charge is 2.35. The lowest BCUT2D eigenvalue weighted by atomic mass is 9.84. The number of carbonyl (C=O) groups excluding carboxylic acids is 6. The van der Waals surface area contributed by atoms with Gasteiger partial charge in [-0.3, -0.25) is 33.6 Å². The third-order valence-electron chi connectivity index (χ3n) is 9.11. The standard InChI is InChI=1S/C36H54N6O10/c1-21(2)17-25(32(47)41-28(36(51)52)19-24-13-9-6-10-14-24)38-34(49)27(20-31(45)46)39-33(48)26(18-23-11-7-5-8-12-23)40-35(50)29(15-16-30(37)44)42(4)22(3)43/h6,9-10,13-14,21,23,25-29H,5,7-8,11-12,15-20H2,1-4H3,(H2,37,44)(H,38,49)(H,39,48)(H,40,50)(H,41,47)(H,45,46)(H,51,52)/t25-,26-,27-,28-,29-/m0/s1. The third kappa shape index (κ3) is 15.1. The molecule has 1 aromatic rings. The Morgan fingerprint density at radius 2 is 1.33 bits per heavy atom. The maximum atomic E-state index is 13.8. The highest BCUT2D eigenvalue weighted by molar-refractivity contribution is 5.97. The normalized spacial score (nSPS) is 15.9. The number of nitrogens with zero attached hydrogens (tertiary/aromatic N) is 1. The van der Waals surface area contributed by atoms with Crippen LogP contribution in [0, 0.1) is 11.8 Å². The fraction of sp³-hybridized carbons (Fsp3) is 0.611. The number of carboxylic acids is 2. The Labute approximate surface area is 304 Å². The first-order valence-corrected chi connectivity index (χ1v) is 17.7. The van der Waals surface area contributed by atoms with Crippen LogP contribution in [0.2, 0.25) is 0 Å². The van der Waals surface area contributed by atoms with Crippen LogP contribution >= 0.6 is 0 Å². The van der Waals surface area contributed by atoms with E-state index in [0.717, 1.165) is 37.0 Å². The van der Waals surface area contributed by atoms with Crippen LogP contribution in [0.15, 0.2) is 30.3 Å². The molecule has 1 aliphatic carbocycles. The Morgan fingerprint density at radius 1 is 0.788 bits per heavy atom. The SMILES string of the molecule is CC(=O)N(C)[C@@H](CCC(N)=O)C(=O)N[C@@H](CC1CCCCC1)C(=O)N[C@@H](CC(=O)O)C(=O)N[C@@H](CC(C)C)C(=O)N[C@@H](Cc1ccccc1)C(=O)O. The van der Waals surface area contributed by atoms with Gasteiger partial charge in [0.1, 0.15) is 30.2 Å². The number of carboxylic acid groups (broad SMARTS) is 2. The van der Waals surface area contributed by atoms with Crippen LogP contribution in [0.1, 0.15) is 90.5 Å². The minimum atomic E-state index is -1.68.